The van der Waals surface area contributed by atoms with Gasteiger partial charge in [0.25, 0.3) is 0 Å². The Morgan fingerprint density at radius 3 is 2.48 bits per heavy atom. The summed E-state index contributed by atoms with van der Waals surface area (Å²) < 4.78 is 46.4. The summed E-state index contributed by atoms with van der Waals surface area (Å²) in [5, 5.41) is 6.61. The number of rotatable bonds is 10. The Morgan fingerprint density at radius 1 is 1.10 bits per heavy atom. The van der Waals surface area contributed by atoms with Crippen molar-refractivity contribution in [1.82, 2.24) is 14.9 Å². The van der Waals surface area contributed by atoms with Crippen molar-refractivity contribution in [3.8, 4) is 5.75 Å². The van der Waals surface area contributed by atoms with E-state index in [1.807, 2.05) is 0 Å². The largest absolute Gasteiger partial charge is 0.573 e. The van der Waals surface area contributed by atoms with E-state index < -0.39 is 6.36 Å². The first-order valence-corrected chi connectivity index (χ1v) is 10.5. The van der Waals surface area contributed by atoms with Crippen LogP contribution < -0.4 is 15.4 Å². The van der Waals surface area contributed by atoms with Crippen molar-refractivity contribution in [3.05, 3.63) is 36.2 Å². The highest BCUT2D eigenvalue weighted by molar-refractivity contribution is 5.65. The van der Waals surface area contributed by atoms with Crippen molar-refractivity contribution in [1.29, 1.82) is 0 Å². The van der Waals surface area contributed by atoms with Crippen molar-refractivity contribution in [2.75, 3.05) is 50.0 Å². The molecule has 1 aromatic carbocycles. The fourth-order valence-corrected chi connectivity index (χ4v) is 3.30. The topological polar surface area (TPSA) is 71.5 Å². The molecule has 7 nitrogen and oxygen atoms in total. The van der Waals surface area contributed by atoms with E-state index in [0.29, 0.717) is 11.5 Å². The standard InChI is InChI=1S/C21H28F3N5O2/c1-2-3-4-18-19(25-9-10-29-11-13-30-14-12-29)26-15-27-20(18)28-16-5-7-17(8-6-16)31-21(22,23)24/h5-8,15H,2-4,9-14H2,1H3,(H2,25,26,27,28). The number of ether oxygens (including phenoxy) is 2. The van der Waals surface area contributed by atoms with Crippen LogP contribution >= 0.6 is 0 Å². The molecule has 0 spiro atoms. The van der Waals surface area contributed by atoms with Crippen LogP contribution in [0.2, 0.25) is 0 Å². The van der Waals surface area contributed by atoms with E-state index >= 15 is 0 Å². The number of nitrogens with one attached hydrogen (secondary N) is 2. The number of aromatic nitrogens is 2. The summed E-state index contributed by atoms with van der Waals surface area (Å²) in [5.41, 5.74) is 1.58. The van der Waals surface area contributed by atoms with Gasteiger partial charge in [-0.3, -0.25) is 4.90 Å². The van der Waals surface area contributed by atoms with Gasteiger partial charge in [-0.15, -0.1) is 13.2 Å². The van der Waals surface area contributed by atoms with Gasteiger partial charge in [0, 0.05) is 37.4 Å². The fraction of sp³-hybridized carbons (Fsp3) is 0.524. The quantitative estimate of drug-likeness (QED) is 0.575. The smallest absolute Gasteiger partial charge is 0.406 e. The van der Waals surface area contributed by atoms with E-state index in [2.05, 4.69) is 37.2 Å². The average Bonchev–Trinajstić information content (AvgIpc) is 2.74. The second-order valence-corrected chi connectivity index (χ2v) is 7.23. The minimum atomic E-state index is -4.71. The van der Waals surface area contributed by atoms with Gasteiger partial charge in [-0.2, -0.15) is 0 Å². The summed E-state index contributed by atoms with van der Waals surface area (Å²) in [7, 11) is 0. The molecule has 31 heavy (non-hydrogen) atoms. The summed E-state index contributed by atoms with van der Waals surface area (Å²) in [6.45, 7) is 7.13. The maximum absolute atomic E-state index is 12.4. The van der Waals surface area contributed by atoms with Crippen LogP contribution in [0.5, 0.6) is 5.75 Å². The number of hydrogen-bond donors (Lipinski definition) is 2. The zero-order valence-corrected chi connectivity index (χ0v) is 17.5. The van der Waals surface area contributed by atoms with Crippen LogP contribution in [0.25, 0.3) is 0 Å². The van der Waals surface area contributed by atoms with Gasteiger partial charge in [0.1, 0.15) is 23.7 Å². The van der Waals surface area contributed by atoms with Gasteiger partial charge in [0.05, 0.1) is 13.2 Å². The van der Waals surface area contributed by atoms with E-state index in [4.69, 9.17) is 4.74 Å². The van der Waals surface area contributed by atoms with Crippen LogP contribution in [0.15, 0.2) is 30.6 Å². The molecule has 170 valence electrons. The van der Waals surface area contributed by atoms with E-state index in [1.54, 1.807) is 0 Å². The molecule has 3 rings (SSSR count). The minimum absolute atomic E-state index is 0.266. The Hall–Kier alpha value is -2.59. The van der Waals surface area contributed by atoms with Crippen molar-refractivity contribution in [2.45, 2.75) is 32.5 Å². The van der Waals surface area contributed by atoms with Crippen LogP contribution in [0.1, 0.15) is 25.3 Å². The Kier molecular flexibility index (Phi) is 8.30. The molecule has 0 saturated carbocycles. The molecule has 0 radical (unpaired) electrons. The molecule has 10 heteroatoms. The van der Waals surface area contributed by atoms with Gasteiger partial charge in [0.15, 0.2) is 0 Å². The predicted octanol–water partition coefficient (Wildman–Crippen LogP) is 4.21. The first-order chi connectivity index (χ1) is 14.9. The Morgan fingerprint density at radius 2 is 1.81 bits per heavy atom. The van der Waals surface area contributed by atoms with Crippen LogP contribution in [0.4, 0.5) is 30.5 Å². The van der Waals surface area contributed by atoms with Crippen LogP contribution in [-0.2, 0) is 11.2 Å². The lowest BCUT2D eigenvalue weighted by Crippen LogP contribution is -2.39. The molecule has 0 unspecified atom stereocenters. The summed E-state index contributed by atoms with van der Waals surface area (Å²) in [4.78, 5) is 11.1. The van der Waals surface area contributed by atoms with Gasteiger partial charge in [-0.1, -0.05) is 13.3 Å². The maximum atomic E-state index is 12.4. The highest BCUT2D eigenvalue weighted by Gasteiger charge is 2.31. The molecule has 2 N–H and O–H groups in total. The van der Waals surface area contributed by atoms with E-state index in [-0.39, 0.29) is 5.75 Å². The lowest BCUT2D eigenvalue weighted by atomic mass is 10.1. The average molecular weight is 439 g/mol. The molecule has 1 saturated heterocycles. The second kappa shape index (κ2) is 11.1. The van der Waals surface area contributed by atoms with Crippen LogP contribution in [0.3, 0.4) is 0 Å². The van der Waals surface area contributed by atoms with E-state index in [1.165, 1.54) is 30.6 Å². The molecule has 2 aromatic rings. The minimum Gasteiger partial charge on any atom is -0.406 e. The highest BCUT2D eigenvalue weighted by atomic mass is 19.4. The van der Waals surface area contributed by atoms with Gasteiger partial charge >= 0.3 is 6.36 Å². The zero-order chi connectivity index (χ0) is 22.1. The molecule has 1 aliphatic rings. The molecule has 1 aromatic heterocycles. The lowest BCUT2D eigenvalue weighted by molar-refractivity contribution is -0.274. The molecule has 0 atom stereocenters. The van der Waals surface area contributed by atoms with Crippen LogP contribution in [0, 0.1) is 0 Å². The summed E-state index contributed by atoms with van der Waals surface area (Å²) in [6.07, 6.45) is -0.453. The molecular formula is C21H28F3N5O2. The zero-order valence-electron chi connectivity index (χ0n) is 17.5. The third-order valence-corrected chi connectivity index (χ3v) is 4.90. The number of anilines is 3. The van der Waals surface area contributed by atoms with Crippen molar-refractivity contribution in [3.63, 3.8) is 0 Å². The SMILES string of the molecule is CCCCc1c(NCCN2CCOCC2)ncnc1Nc1ccc(OC(F)(F)F)cc1. The van der Waals surface area contributed by atoms with Crippen LogP contribution in [-0.4, -0.2) is 60.6 Å². The van der Waals surface area contributed by atoms with Gasteiger partial charge in [-0.05, 0) is 37.1 Å². The summed E-state index contributed by atoms with van der Waals surface area (Å²) >= 11 is 0. The molecular weight excluding hydrogens is 411 g/mol. The van der Waals surface area contributed by atoms with Gasteiger partial charge in [0.2, 0.25) is 0 Å². The van der Waals surface area contributed by atoms with Gasteiger partial charge in [-0.25, -0.2) is 9.97 Å². The molecule has 2 heterocycles. The number of halogens is 3. The Balaban J connectivity index is 1.67. The van der Waals surface area contributed by atoms with Gasteiger partial charge < -0.3 is 20.1 Å². The third kappa shape index (κ3) is 7.55. The number of hydrogen-bond acceptors (Lipinski definition) is 7. The predicted molar refractivity (Wildman–Crippen MR) is 113 cm³/mol. The Bertz CT molecular complexity index is 812. The van der Waals surface area contributed by atoms with E-state index in [0.717, 1.165) is 70.0 Å². The van der Waals surface area contributed by atoms with Crippen molar-refractivity contribution < 1.29 is 22.6 Å². The molecule has 0 amide bonds. The normalized spacial score (nSPS) is 15.0. The van der Waals surface area contributed by atoms with Crippen molar-refractivity contribution >= 4 is 17.3 Å². The molecule has 0 aliphatic carbocycles. The molecule has 0 bridgehead atoms. The van der Waals surface area contributed by atoms with E-state index in [9.17, 15) is 13.2 Å². The Labute approximate surface area is 180 Å². The summed E-state index contributed by atoms with van der Waals surface area (Å²) in [5.74, 6) is 1.15. The number of morpholine rings is 1. The maximum Gasteiger partial charge on any atom is 0.573 e. The monoisotopic (exact) mass is 439 g/mol. The number of benzene rings is 1. The molecule has 1 fully saturated rings. The number of unbranched alkanes of at least 4 members (excludes halogenated alkanes) is 1. The third-order valence-electron chi connectivity index (χ3n) is 4.90. The lowest BCUT2D eigenvalue weighted by Gasteiger charge is -2.26. The molecule has 1 aliphatic heterocycles. The second-order valence-electron chi connectivity index (χ2n) is 7.23. The number of alkyl halides is 3. The number of nitrogens with zero attached hydrogens (tertiary/aromatic N) is 3. The highest BCUT2D eigenvalue weighted by Crippen LogP contribution is 2.28. The van der Waals surface area contributed by atoms with Crippen molar-refractivity contribution in [2.24, 2.45) is 0 Å². The summed E-state index contributed by atoms with van der Waals surface area (Å²) in [6, 6.07) is 5.59. The first kappa shape index (κ1) is 23.1. The first-order valence-electron chi connectivity index (χ1n) is 10.5. The fourth-order valence-electron chi connectivity index (χ4n) is 3.30.